The maximum atomic E-state index is 13.7. The highest BCUT2D eigenvalue weighted by molar-refractivity contribution is 6.42. The van der Waals surface area contributed by atoms with Gasteiger partial charge in [0.25, 0.3) is 0 Å². The van der Waals surface area contributed by atoms with Gasteiger partial charge in [-0.2, -0.15) is 0 Å². The van der Waals surface area contributed by atoms with Crippen LogP contribution in [-0.2, 0) is 27.8 Å². The number of H-pyrrole nitrogens is 1. The van der Waals surface area contributed by atoms with Gasteiger partial charge in [-0.25, -0.2) is 4.98 Å². The highest BCUT2D eigenvalue weighted by Gasteiger charge is 2.47. The molecule has 1 aliphatic heterocycles. The van der Waals surface area contributed by atoms with Crippen molar-refractivity contribution >= 4 is 35.0 Å². The third-order valence-electron chi connectivity index (χ3n) is 7.16. The molecule has 0 saturated carbocycles. The van der Waals surface area contributed by atoms with Gasteiger partial charge in [-0.15, -0.1) is 0 Å². The van der Waals surface area contributed by atoms with Crippen molar-refractivity contribution in [3.63, 3.8) is 0 Å². The first-order chi connectivity index (χ1) is 17.9. The molecule has 8 heteroatoms. The maximum absolute atomic E-state index is 13.7. The molecule has 6 nitrogen and oxygen atoms in total. The third kappa shape index (κ3) is 6.93. The predicted octanol–water partition coefficient (Wildman–Crippen LogP) is 5.74. The average Bonchev–Trinajstić information content (AvgIpc) is 3.40. The molecule has 1 saturated heterocycles. The number of aromatic nitrogens is 2. The summed E-state index contributed by atoms with van der Waals surface area (Å²) >= 11 is 12.3. The average molecular weight is 542 g/mol. The third-order valence-corrected chi connectivity index (χ3v) is 7.90. The first-order valence-electron chi connectivity index (χ1n) is 13.0. The number of benzene rings is 2. The Bertz CT molecular complexity index is 1180. The molecule has 0 spiro atoms. The van der Waals surface area contributed by atoms with Gasteiger partial charge in [-0.3, -0.25) is 9.59 Å². The van der Waals surface area contributed by atoms with E-state index in [1.54, 1.807) is 24.7 Å². The van der Waals surface area contributed by atoms with Crippen molar-refractivity contribution in [3.05, 3.63) is 87.9 Å². The van der Waals surface area contributed by atoms with Gasteiger partial charge in [0.05, 0.1) is 22.1 Å². The van der Waals surface area contributed by atoms with E-state index in [0.717, 1.165) is 30.5 Å². The molecule has 2 heterocycles. The van der Waals surface area contributed by atoms with Gasteiger partial charge >= 0.3 is 0 Å². The summed E-state index contributed by atoms with van der Waals surface area (Å²) in [6.45, 7) is 3.51. The van der Waals surface area contributed by atoms with Crippen LogP contribution in [-0.4, -0.2) is 45.8 Å². The Kier molecular flexibility index (Phi) is 9.28. The number of nitrogens with one attached hydrogen (secondary N) is 2. The number of hydrogen-bond acceptors (Lipinski definition) is 3. The monoisotopic (exact) mass is 540 g/mol. The summed E-state index contributed by atoms with van der Waals surface area (Å²) in [5.41, 5.74) is 2.90. The van der Waals surface area contributed by atoms with Crippen molar-refractivity contribution in [1.29, 1.82) is 0 Å². The highest BCUT2D eigenvalue weighted by Crippen LogP contribution is 2.39. The van der Waals surface area contributed by atoms with Crippen LogP contribution in [0, 0.1) is 0 Å². The molecule has 196 valence electrons. The number of imidazole rings is 1. The Labute approximate surface area is 228 Å². The number of rotatable bonds is 12. The summed E-state index contributed by atoms with van der Waals surface area (Å²) in [4.78, 5) is 35.5. The van der Waals surface area contributed by atoms with Crippen LogP contribution in [0.3, 0.4) is 0 Å². The fourth-order valence-corrected chi connectivity index (χ4v) is 5.41. The van der Waals surface area contributed by atoms with Gasteiger partial charge < -0.3 is 15.2 Å². The van der Waals surface area contributed by atoms with E-state index < -0.39 is 6.04 Å². The number of likely N-dealkylation sites (tertiary alicyclic amines) is 1. The lowest BCUT2D eigenvalue weighted by atomic mass is 9.70. The van der Waals surface area contributed by atoms with E-state index in [1.165, 1.54) is 12.0 Å². The molecule has 2 amide bonds. The second-order valence-electron chi connectivity index (χ2n) is 9.93. The Morgan fingerprint density at radius 3 is 2.57 bits per heavy atom. The Morgan fingerprint density at radius 1 is 1.11 bits per heavy atom. The van der Waals surface area contributed by atoms with E-state index in [4.69, 9.17) is 23.2 Å². The van der Waals surface area contributed by atoms with Gasteiger partial charge in [-0.05, 0) is 36.1 Å². The Morgan fingerprint density at radius 2 is 1.89 bits per heavy atom. The van der Waals surface area contributed by atoms with Crippen LogP contribution >= 0.6 is 23.2 Å². The predicted molar refractivity (Wildman–Crippen MR) is 148 cm³/mol. The van der Waals surface area contributed by atoms with E-state index in [1.807, 2.05) is 17.0 Å². The number of unbranched alkanes of at least 4 members (excludes halogenated alkanes) is 2. The number of carbonyl (C=O) groups is 2. The summed E-state index contributed by atoms with van der Waals surface area (Å²) < 4.78 is 0. The molecule has 1 unspecified atom stereocenters. The second-order valence-corrected chi connectivity index (χ2v) is 10.7. The van der Waals surface area contributed by atoms with E-state index in [9.17, 15) is 9.59 Å². The van der Waals surface area contributed by atoms with Crippen LogP contribution < -0.4 is 5.32 Å². The molecule has 1 fully saturated rings. The Hall–Kier alpha value is -2.83. The normalized spacial score (nSPS) is 15.2. The van der Waals surface area contributed by atoms with Crippen LogP contribution in [0.25, 0.3) is 0 Å². The van der Waals surface area contributed by atoms with Crippen LogP contribution in [0.4, 0.5) is 0 Å². The van der Waals surface area contributed by atoms with Crippen LogP contribution in [0.1, 0.15) is 55.8 Å². The molecular formula is C29H34Cl2N4O2. The first-order valence-corrected chi connectivity index (χ1v) is 13.7. The molecule has 0 radical (unpaired) electrons. The zero-order chi connectivity index (χ0) is 26.3. The fraction of sp³-hybridized carbons (Fsp3) is 0.414. The molecule has 2 N–H and O–H groups in total. The van der Waals surface area contributed by atoms with Crippen molar-refractivity contribution in [3.8, 4) is 0 Å². The lowest BCUT2D eigenvalue weighted by molar-refractivity contribution is -0.143. The van der Waals surface area contributed by atoms with Gasteiger partial charge in [0.2, 0.25) is 11.8 Å². The van der Waals surface area contributed by atoms with Crippen LogP contribution in [0.5, 0.6) is 0 Å². The van der Waals surface area contributed by atoms with E-state index >= 15 is 0 Å². The van der Waals surface area contributed by atoms with Gasteiger partial charge in [0.15, 0.2) is 0 Å². The highest BCUT2D eigenvalue weighted by atomic mass is 35.5. The first kappa shape index (κ1) is 27.2. The molecule has 1 atom stereocenters. The van der Waals surface area contributed by atoms with Gasteiger partial charge in [-0.1, -0.05) is 85.8 Å². The van der Waals surface area contributed by atoms with Crippen LogP contribution in [0.15, 0.2) is 61.1 Å². The van der Waals surface area contributed by atoms with E-state index in [0.29, 0.717) is 36.0 Å². The molecule has 1 aliphatic rings. The minimum absolute atomic E-state index is 0.0375. The topological polar surface area (TPSA) is 78.1 Å². The van der Waals surface area contributed by atoms with Crippen molar-refractivity contribution in [2.75, 3.05) is 13.1 Å². The fourth-order valence-electron chi connectivity index (χ4n) is 5.09. The lowest BCUT2D eigenvalue weighted by Crippen LogP contribution is -2.64. The Balaban J connectivity index is 1.47. The second kappa shape index (κ2) is 12.6. The molecular weight excluding hydrogens is 507 g/mol. The SMILES string of the molecule is CCCCCC1(c2ccccc2)CN(C(=O)C(Cc2ccc(Cl)c(Cl)c2)NC(=O)CCc2c[nH]cn2)C1. The van der Waals surface area contributed by atoms with E-state index in [-0.39, 0.29) is 23.7 Å². The number of halogens is 2. The number of carbonyl (C=O) groups excluding carboxylic acids is 2. The number of hydrogen-bond donors (Lipinski definition) is 2. The van der Waals surface area contributed by atoms with Crippen LogP contribution in [0.2, 0.25) is 10.0 Å². The quantitative estimate of drug-likeness (QED) is 0.287. The molecule has 4 rings (SSSR count). The minimum atomic E-state index is -0.687. The van der Waals surface area contributed by atoms with Crippen molar-refractivity contribution in [1.82, 2.24) is 20.2 Å². The molecule has 37 heavy (non-hydrogen) atoms. The standard InChI is InChI=1S/C29H34Cl2N4O2/c1-2-3-7-14-29(22-8-5-4-6-9-22)18-35(19-29)28(37)26(16-21-10-12-24(30)25(31)15-21)34-27(36)13-11-23-17-32-20-33-23/h4-6,8-10,12,15,17,20,26H,2-3,7,11,13-14,16,18-19H2,1H3,(H,32,33)(H,34,36). The molecule has 0 aliphatic carbocycles. The zero-order valence-electron chi connectivity index (χ0n) is 21.2. The summed E-state index contributed by atoms with van der Waals surface area (Å²) in [6, 6.07) is 15.1. The lowest BCUT2D eigenvalue weighted by Gasteiger charge is -2.52. The van der Waals surface area contributed by atoms with Crippen molar-refractivity contribution in [2.24, 2.45) is 0 Å². The largest absolute Gasteiger partial charge is 0.351 e. The van der Waals surface area contributed by atoms with Gasteiger partial charge in [0, 0.05) is 37.5 Å². The smallest absolute Gasteiger partial charge is 0.245 e. The molecule has 1 aromatic heterocycles. The zero-order valence-corrected chi connectivity index (χ0v) is 22.7. The van der Waals surface area contributed by atoms with E-state index in [2.05, 4.69) is 46.5 Å². The minimum Gasteiger partial charge on any atom is -0.351 e. The molecule has 3 aromatic rings. The number of nitrogens with zero attached hydrogens (tertiary/aromatic N) is 2. The number of aryl methyl sites for hydroxylation is 1. The summed E-state index contributed by atoms with van der Waals surface area (Å²) in [6.07, 6.45) is 8.96. The summed E-state index contributed by atoms with van der Waals surface area (Å²) in [5.74, 6) is -0.250. The maximum Gasteiger partial charge on any atom is 0.245 e. The molecule has 0 bridgehead atoms. The summed E-state index contributed by atoms with van der Waals surface area (Å²) in [5, 5.41) is 3.87. The summed E-state index contributed by atoms with van der Waals surface area (Å²) in [7, 11) is 0. The van der Waals surface area contributed by atoms with Crippen molar-refractivity contribution in [2.45, 2.75) is 63.3 Å². The number of aromatic amines is 1. The molecule has 2 aromatic carbocycles. The van der Waals surface area contributed by atoms with Crippen molar-refractivity contribution < 1.29 is 9.59 Å². The number of amides is 2. The van der Waals surface area contributed by atoms with Gasteiger partial charge in [0.1, 0.15) is 6.04 Å².